The van der Waals surface area contributed by atoms with E-state index in [-0.39, 0.29) is 0 Å². The molecule has 0 saturated heterocycles. The highest BCUT2D eigenvalue weighted by Gasteiger charge is 2.10. The SMILES string of the molecule is COc1ccc(Cn2nc(Br)nc2Nc2cc(Cl)cc(Cl)c2)cc1. The Morgan fingerprint density at radius 1 is 1.12 bits per heavy atom. The second-order valence-corrected chi connectivity index (χ2v) is 6.58. The van der Waals surface area contributed by atoms with Crippen LogP contribution in [0, 0.1) is 0 Å². The minimum atomic E-state index is 0.492. The topological polar surface area (TPSA) is 52.0 Å². The lowest BCUT2D eigenvalue weighted by molar-refractivity contribution is 0.414. The van der Waals surface area contributed by atoms with E-state index >= 15 is 0 Å². The molecule has 24 heavy (non-hydrogen) atoms. The Labute approximate surface area is 157 Å². The summed E-state index contributed by atoms with van der Waals surface area (Å²) >= 11 is 15.4. The molecule has 1 heterocycles. The molecule has 0 aliphatic rings. The fraction of sp³-hybridized carbons (Fsp3) is 0.125. The lowest BCUT2D eigenvalue weighted by Crippen LogP contribution is -2.07. The Kier molecular flexibility index (Phi) is 5.28. The summed E-state index contributed by atoms with van der Waals surface area (Å²) in [6, 6.07) is 13.0. The van der Waals surface area contributed by atoms with Gasteiger partial charge in [-0.15, -0.1) is 5.10 Å². The minimum Gasteiger partial charge on any atom is -0.497 e. The van der Waals surface area contributed by atoms with Crippen molar-refractivity contribution < 1.29 is 4.74 Å². The van der Waals surface area contributed by atoms with Crippen molar-refractivity contribution in [3.8, 4) is 5.75 Å². The van der Waals surface area contributed by atoms with Gasteiger partial charge in [-0.2, -0.15) is 4.98 Å². The van der Waals surface area contributed by atoms with Crippen molar-refractivity contribution in [1.82, 2.24) is 14.8 Å². The van der Waals surface area contributed by atoms with Crippen LogP contribution >= 0.6 is 39.1 Å². The zero-order chi connectivity index (χ0) is 17.1. The minimum absolute atomic E-state index is 0.492. The van der Waals surface area contributed by atoms with E-state index < -0.39 is 0 Å². The summed E-state index contributed by atoms with van der Waals surface area (Å²) in [5, 5.41) is 8.63. The third kappa shape index (κ3) is 4.20. The zero-order valence-electron chi connectivity index (χ0n) is 12.6. The second-order valence-electron chi connectivity index (χ2n) is 4.99. The predicted molar refractivity (Wildman–Crippen MR) is 99.6 cm³/mol. The lowest BCUT2D eigenvalue weighted by Gasteiger charge is -2.09. The Bertz CT molecular complexity index is 832. The van der Waals surface area contributed by atoms with Crippen molar-refractivity contribution in [2.75, 3.05) is 12.4 Å². The van der Waals surface area contributed by atoms with Crippen LogP contribution in [0.2, 0.25) is 10.0 Å². The van der Waals surface area contributed by atoms with Gasteiger partial charge >= 0.3 is 0 Å². The molecule has 3 aromatic rings. The largest absolute Gasteiger partial charge is 0.497 e. The molecule has 0 bridgehead atoms. The van der Waals surface area contributed by atoms with Crippen molar-refractivity contribution in [1.29, 1.82) is 0 Å². The highest BCUT2D eigenvalue weighted by Crippen LogP contribution is 2.25. The van der Waals surface area contributed by atoms with Crippen LogP contribution in [-0.4, -0.2) is 21.9 Å². The van der Waals surface area contributed by atoms with Crippen LogP contribution in [0.5, 0.6) is 5.75 Å². The van der Waals surface area contributed by atoms with Crippen LogP contribution in [0.25, 0.3) is 0 Å². The number of nitrogens with zero attached hydrogens (tertiary/aromatic N) is 3. The molecule has 0 amide bonds. The molecule has 124 valence electrons. The van der Waals surface area contributed by atoms with Gasteiger partial charge in [-0.3, -0.25) is 0 Å². The fourth-order valence-corrected chi connectivity index (χ4v) is 3.06. The Balaban J connectivity index is 1.84. The quantitative estimate of drug-likeness (QED) is 0.611. The Morgan fingerprint density at radius 3 is 2.42 bits per heavy atom. The van der Waals surface area contributed by atoms with Gasteiger partial charge in [0.2, 0.25) is 10.7 Å². The number of methoxy groups -OCH3 is 1. The van der Waals surface area contributed by atoms with Crippen LogP contribution < -0.4 is 10.1 Å². The molecule has 2 aromatic carbocycles. The molecule has 0 fully saturated rings. The summed E-state index contributed by atoms with van der Waals surface area (Å²) in [5.74, 6) is 1.39. The first-order chi connectivity index (χ1) is 11.5. The second kappa shape index (κ2) is 7.42. The molecule has 0 aliphatic heterocycles. The van der Waals surface area contributed by atoms with Crippen molar-refractivity contribution >= 4 is 50.8 Å². The number of rotatable bonds is 5. The number of ether oxygens (including phenoxy) is 1. The molecule has 1 N–H and O–H groups in total. The van der Waals surface area contributed by atoms with Crippen LogP contribution in [0.1, 0.15) is 5.56 Å². The molecule has 0 atom stereocenters. The van der Waals surface area contributed by atoms with E-state index in [1.807, 2.05) is 24.3 Å². The maximum absolute atomic E-state index is 6.03. The molecule has 0 spiro atoms. The van der Waals surface area contributed by atoms with Gasteiger partial charge in [0.1, 0.15) is 5.75 Å². The summed E-state index contributed by atoms with van der Waals surface area (Å²) in [7, 11) is 1.64. The van der Waals surface area contributed by atoms with Gasteiger partial charge in [0.15, 0.2) is 0 Å². The summed E-state index contributed by atoms with van der Waals surface area (Å²) in [5.41, 5.74) is 1.81. The number of halogens is 3. The molecule has 8 heteroatoms. The van der Waals surface area contributed by atoms with E-state index in [1.54, 1.807) is 30.0 Å². The number of anilines is 2. The Hall–Kier alpha value is -1.76. The summed E-state index contributed by atoms with van der Waals surface area (Å²) in [6.45, 7) is 0.555. The maximum atomic E-state index is 6.03. The predicted octanol–water partition coefficient (Wildman–Crippen LogP) is 5.15. The number of nitrogens with one attached hydrogen (secondary N) is 1. The first-order valence-corrected chi connectivity index (χ1v) is 8.55. The van der Waals surface area contributed by atoms with E-state index in [4.69, 9.17) is 27.9 Å². The molecule has 0 radical (unpaired) electrons. The molecular formula is C16H13BrCl2N4O. The van der Waals surface area contributed by atoms with E-state index in [0.29, 0.717) is 27.3 Å². The van der Waals surface area contributed by atoms with Crippen LogP contribution in [0.3, 0.4) is 0 Å². The van der Waals surface area contributed by atoms with Crippen LogP contribution in [0.4, 0.5) is 11.6 Å². The van der Waals surface area contributed by atoms with Crippen LogP contribution in [0.15, 0.2) is 47.2 Å². The monoisotopic (exact) mass is 426 g/mol. The van der Waals surface area contributed by atoms with Crippen molar-refractivity contribution in [2.24, 2.45) is 0 Å². The van der Waals surface area contributed by atoms with Crippen molar-refractivity contribution in [2.45, 2.75) is 6.54 Å². The van der Waals surface area contributed by atoms with Gasteiger partial charge in [-0.05, 0) is 51.8 Å². The maximum Gasteiger partial charge on any atom is 0.227 e. The summed E-state index contributed by atoms with van der Waals surface area (Å²) in [4.78, 5) is 4.34. The number of hydrogen-bond acceptors (Lipinski definition) is 4. The standard InChI is InChI=1S/C16H13BrCl2N4O/c1-24-14-4-2-10(3-5-14)9-23-16(21-15(17)22-23)20-13-7-11(18)6-12(19)8-13/h2-8H,9H2,1H3,(H,20,21,22). The van der Waals surface area contributed by atoms with Gasteiger partial charge in [0.25, 0.3) is 0 Å². The molecule has 1 aromatic heterocycles. The number of benzene rings is 2. The van der Waals surface area contributed by atoms with E-state index in [2.05, 4.69) is 31.3 Å². The third-order valence-corrected chi connectivity index (χ3v) is 4.03. The smallest absolute Gasteiger partial charge is 0.227 e. The first kappa shape index (κ1) is 17.1. The lowest BCUT2D eigenvalue weighted by atomic mass is 10.2. The molecule has 3 rings (SSSR count). The van der Waals surface area contributed by atoms with Gasteiger partial charge < -0.3 is 10.1 Å². The van der Waals surface area contributed by atoms with Gasteiger partial charge in [0, 0.05) is 15.7 Å². The zero-order valence-corrected chi connectivity index (χ0v) is 15.7. The normalized spacial score (nSPS) is 10.7. The molecule has 0 saturated carbocycles. The molecular weight excluding hydrogens is 415 g/mol. The number of hydrogen-bond donors (Lipinski definition) is 1. The third-order valence-electron chi connectivity index (χ3n) is 3.26. The highest BCUT2D eigenvalue weighted by atomic mass is 79.9. The van der Waals surface area contributed by atoms with Gasteiger partial charge in [-0.1, -0.05) is 35.3 Å². The summed E-state index contributed by atoms with van der Waals surface area (Å²) < 4.78 is 7.41. The van der Waals surface area contributed by atoms with Gasteiger partial charge in [0.05, 0.1) is 13.7 Å². The van der Waals surface area contributed by atoms with E-state index in [0.717, 1.165) is 17.0 Å². The Morgan fingerprint density at radius 2 is 1.79 bits per heavy atom. The van der Waals surface area contributed by atoms with Crippen molar-refractivity contribution in [3.63, 3.8) is 0 Å². The number of aromatic nitrogens is 3. The average molecular weight is 428 g/mol. The van der Waals surface area contributed by atoms with E-state index in [9.17, 15) is 0 Å². The molecule has 0 aliphatic carbocycles. The fourth-order valence-electron chi connectivity index (χ4n) is 2.18. The van der Waals surface area contributed by atoms with Crippen molar-refractivity contribution in [3.05, 3.63) is 62.8 Å². The van der Waals surface area contributed by atoms with Gasteiger partial charge in [-0.25, -0.2) is 4.68 Å². The molecule has 0 unspecified atom stereocenters. The average Bonchev–Trinajstić information content (AvgIpc) is 2.86. The van der Waals surface area contributed by atoms with Crippen LogP contribution in [-0.2, 0) is 6.54 Å². The first-order valence-electron chi connectivity index (χ1n) is 7.00. The van der Waals surface area contributed by atoms with E-state index in [1.165, 1.54) is 0 Å². The highest BCUT2D eigenvalue weighted by molar-refractivity contribution is 9.10. The summed E-state index contributed by atoms with van der Waals surface area (Å²) in [6.07, 6.45) is 0. The molecule has 5 nitrogen and oxygen atoms in total.